The zero-order chi connectivity index (χ0) is 12.7. The largest absolute Gasteiger partial charge is 0.392 e. The molecule has 1 fully saturated rings. The van der Waals surface area contributed by atoms with Crippen LogP contribution in [-0.2, 0) is 6.42 Å². The van der Waals surface area contributed by atoms with Gasteiger partial charge in [0, 0.05) is 12.0 Å². The van der Waals surface area contributed by atoms with Gasteiger partial charge in [-0.15, -0.1) is 11.3 Å². The summed E-state index contributed by atoms with van der Waals surface area (Å²) in [5.41, 5.74) is 2.68. The average Bonchev–Trinajstić information content (AvgIpc) is 3.07. The Morgan fingerprint density at radius 3 is 3.00 bits per heavy atom. The highest BCUT2D eigenvalue weighted by molar-refractivity contribution is 7.16. The fraction of sp³-hybridized carbons (Fsp3) is 0.417. The van der Waals surface area contributed by atoms with Crippen LogP contribution in [0.1, 0.15) is 18.4 Å². The van der Waals surface area contributed by atoms with Crippen LogP contribution in [0.3, 0.4) is 0 Å². The first kappa shape index (κ1) is 11.6. The Bertz CT molecular complexity index is 606. The molecule has 5 nitrogen and oxygen atoms in total. The van der Waals surface area contributed by atoms with Crippen molar-refractivity contribution < 1.29 is 10.0 Å². The van der Waals surface area contributed by atoms with Crippen molar-refractivity contribution in [3.8, 4) is 0 Å². The molecule has 1 saturated carbocycles. The minimum Gasteiger partial charge on any atom is -0.392 e. The van der Waals surface area contributed by atoms with Gasteiger partial charge in [-0.3, -0.25) is 10.1 Å². The van der Waals surface area contributed by atoms with Gasteiger partial charge < -0.3 is 5.11 Å². The fourth-order valence-corrected chi connectivity index (χ4v) is 2.88. The average molecular weight is 264 g/mol. The van der Waals surface area contributed by atoms with E-state index in [1.807, 2.05) is 6.07 Å². The zero-order valence-corrected chi connectivity index (χ0v) is 10.4. The molecule has 0 aliphatic heterocycles. The van der Waals surface area contributed by atoms with Gasteiger partial charge in [-0.05, 0) is 24.8 Å². The lowest BCUT2D eigenvalue weighted by Crippen LogP contribution is -2.13. The van der Waals surface area contributed by atoms with E-state index in [2.05, 4.69) is 4.98 Å². The molecule has 1 atom stereocenters. The van der Waals surface area contributed by atoms with E-state index in [9.17, 15) is 15.2 Å². The Morgan fingerprint density at radius 1 is 1.56 bits per heavy atom. The molecule has 0 spiro atoms. The number of hydrogen-bond acceptors (Lipinski definition) is 5. The van der Waals surface area contributed by atoms with Crippen LogP contribution in [0.5, 0.6) is 0 Å². The smallest absolute Gasteiger partial charge is 0.299 e. The van der Waals surface area contributed by atoms with Crippen LogP contribution >= 0.6 is 11.3 Å². The van der Waals surface area contributed by atoms with E-state index in [-0.39, 0.29) is 5.69 Å². The standard InChI is InChI=1S/C12H12N2O3S/c15-9(7-1-2-7)5-8-3-4-10-11(13-6-18-10)12(8)14(16)17/h3-4,6-7,9,15H,1-2,5H2. The minimum absolute atomic E-state index is 0.0495. The molecule has 1 aromatic carbocycles. The zero-order valence-electron chi connectivity index (χ0n) is 9.57. The maximum absolute atomic E-state index is 11.2. The molecule has 1 aliphatic carbocycles. The molecule has 0 amide bonds. The maximum Gasteiger partial charge on any atom is 0.299 e. The fourth-order valence-electron chi connectivity index (χ4n) is 2.20. The second-order valence-electron chi connectivity index (χ2n) is 4.64. The van der Waals surface area contributed by atoms with E-state index in [0.29, 0.717) is 23.4 Å². The van der Waals surface area contributed by atoms with Gasteiger partial charge in [0.05, 0.1) is 21.2 Å². The normalized spacial score (nSPS) is 16.9. The van der Waals surface area contributed by atoms with Gasteiger partial charge >= 0.3 is 0 Å². The van der Waals surface area contributed by atoms with Crippen molar-refractivity contribution in [2.75, 3.05) is 0 Å². The third kappa shape index (κ3) is 1.97. The predicted molar refractivity (Wildman–Crippen MR) is 68.7 cm³/mol. The van der Waals surface area contributed by atoms with Gasteiger partial charge in [-0.2, -0.15) is 0 Å². The number of nitro benzene ring substituents is 1. The van der Waals surface area contributed by atoms with Crippen molar-refractivity contribution in [1.82, 2.24) is 4.98 Å². The number of thiazole rings is 1. The maximum atomic E-state index is 11.2. The Morgan fingerprint density at radius 2 is 2.33 bits per heavy atom. The van der Waals surface area contributed by atoms with E-state index in [1.165, 1.54) is 11.3 Å². The van der Waals surface area contributed by atoms with Crippen molar-refractivity contribution in [3.05, 3.63) is 33.3 Å². The van der Waals surface area contributed by atoms with Crippen molar-refractivity contribution in [2.45, 2.75) is 25.4 Å². The number of nitrogens with zero attached hydrogens (tertiary/aromatic N) is 2. The van der Waals surface area contributed by atoms with Crippen LogP contribution < -0.4 is 0 Å². The summed E-state index contributed by atoms with van der Waals surface area (Å²) < 4.78 is 0.811. The summed E-state index contributed by atoms with van der Waals surface area (Å²) in [6.07, 6.45) is 1.91. The van der Waals surface area contributed by atoms with E-state index >= 15 is 0 Å². The summed E-state index contributed by atoms with van der Waals surface area (Å²) >= 11 is 1.39. The number of fused-ring (bicyclic) bond motifs is 1. The number of rotatable bonds is 4. The van der Waals surface area contributed by atoms with Crippen molar-refractivity contribution >= 4 is 27.2 Å². The summed E-state index contributed by atoms with van der Waals surface area (Å²) in [4.78, 5) is 14.9. The van der Waals surface area contributed by atoms with E-state index in [0.717, 1.165) is 17.5 Å². The molecular formula is C12H12N2O3S. The van der Waals surface area contributed by atoms with Gasteiger partial charge in [0.25, 0.3) is 5.69 Å². The first-order chi connectivity index (χ1) is 8.66. The van der Waals surface area contributed by atoms with Crippen LogP contribution in [0.15, 0.2) is 17.6 Å². The number of aliphatic hydroxyl groups excluding tert-OH is 1. The Kier molecular flexibility index (Phi) is 2.76. The lowest BCUT2D eigenvalue weighted by atomic mass is 10.0. The number of hydrogen-bond donors (Lipinski definition) is 1. The number of aromatic nitrogens is 1. The van der Waals surface area contributed by atoms with Gasteiger partial charge in [0.1, 0.15) is 0 Å². The molecule has 0 bridgehead atoms. The third-order valence-corrected chi connectivity index (χ3v) is 4.13. The predicted octanol–water partition coefficient (Wildman–Crippen LogP) is 2.52. The third-order valence-electron chi connectivity index (χ3n) is 3.34. The van der Waals surface area contributed by atoms with Crippen LogP contribution in [0.4, 0.5) is 5.69 Å². The molecule has 1 unspecified atom stereocenters. The lowest BCUT2D eigenvalue weighted by Gasteiger charge is -2.09. The highest BCUT2D eigenvalue weighted by atomic mass is 32.1. The minimum atomic E-state index is -0.472. The topological polar surface area (TPSA) is 76.3 Å². The molecule has 0 saturated heterocycles. The second kappa shape index (κ2) is 4.29. The van der Waals surface area contributed by atoms with Crippen molar-refractivity contribution in [3.63, 3.8) is 0 Å². The summed E-state index contributed by atoms with van der Waals surface area (Å²) in [7, 11) is 0. The molecule has 1 N–H and O–H groups in total. The number of aliphatic hydroxyl groups is 1. The molecule has 6 heteroatoms. The van der Waals surface area contributed by atoms with E-state index in [1.54, 1.807) is 11.6 Å². The first-order valence-corrected chi connectivity index (χ1v) is 6.72. The van der Waals surface area contributed by atoms with Crippen LogP contribution in [-0.4, -0.2) is 21.1 Å². The second-order valence-corrected chi connectivity index (χ2v) is 5.52. The van der Waals surface area contributed by atoms with Crippen molar-refractivity contribution in [2.24, 2.45) is 5.92 Å². The molecule has 1 aliphatic rings. The molecule has 94 valence electrons. The summed E-state index contributed by atoms with van der Waals surface area (Å²) in [6, 6.07) is 3.58. The Hall–Kier alpha value is -1.53. The van der Waals surface area contributed by atoms with Gasteiger partial charge in [0.2, 0.25) is 0 Å². The Labute approximate surface area is 107 Å². The molecular weight excluding hydrogens is 252 g/mol. The molecule has 1 aromatic heterocycles. The van der Waals surface area contributed by atoms with Crippen molar-refractivity contribution in [1.29, 1.82) is 0 Å². The van der Waals surface area contributed by atoms with Crippen LogP contribution in [0.2, 0.25) is 0 Å². The summed E-state index contributed by atoms with van der Waals surface area (Å²) in [5, 5.41) is 21.1. The quantitative estimate of drug-likeness (QED) is 0.680. The monoisotopic (exact) mass is 264 g/mol. The SMILES string of the molecule is O=[N+]([O-])c1c(CC(O)C2CC2)ccc2scnc12. The van der Waals surface area contributed by atoms with Crippen LogP contribution in [0.25, 0.3) is 10.2 Å². The summed E-state index contributed by atoms with van der Waals surface area (Å²) in [5.74, 6) is 0.315. The molecule has 3 rings (SSSR count). The molecule has 2 aromatic rings. The van der Waals surface area contributed by atoms with Gasteiger partial charge in [-0.25, -0.2) is 4.98 Å². The number of nitro groups is 1. The first-order valence-electron chi connectivity index (χ1n) is 5.84. The molecule has 0 radical (unpaired) electrons. The van der Waals surface area contributed by atoms with Gasteiger partial charge in [0.15, 0.2) is 5.52 Å². The number of benzene rings is 1. The lowest BCUT2D eigenvalue weighted by molar-refractivity contribution is -0.384. The highest BCUT2D eigenvalue weighted by Gasteiger charge is 2.32. The summed E-state index contributed by atoms with van der Waals surface area (Å²) in [6.45, 7) is 0. The highest BCUT2D eigenvalue weighted by Crippen LogP contribution is 2.37. The molecule has 18 heavy (non-hydrogen) atoms. The molecule has 1 heterocycles. The van der Waals surface area contributed by atoms with Gasteiger partial charge in [-0.1, -0.05) is 6.07 Å². The van der Waals surface area contributed by atoms with E-state index in [4.69, 9.17) is 0 Å². The Balaban J connectivity index is 2.03. The van der Waals surface area contributed by atoms with Crippen LogP contribution in [0, 0.1) is 16.0 Å². The van der Waals surface area contributed by atoms with E-state index < -0.39 is 11.0 Å².